The Morgan fingerprint density at radius 3 is 2.50 bits per heavy atom. The number of nitrogens with zero attached hydrogens (tertiary/aromatic N) is 3. The molecule has 7 nitrogen and oxygen atoms in total. The van der Waals surface area contributed by atoms with E-state index in [0.29, 0.717) is 31.7 Å². The molecule has 0 aliphatic carbocycles. The van der Waals surface area contributed by atoms with Crippen molar-refractivity contribution in [2.75, 3.05) is 26.2 Å². The first-order valence-corrected chi connectivity index (χ1v) is 10.7. The summed E-state index contributed by atoms with van der Waals surface area (Å²) in [6, 6.07) is 15.3. The maximum Gasteiger partial charge on any atom is 0.254 e. The van der Waals surface area contributed by atoms with Gasteiger partial charge in [0.15, 0.2) is 5.60 Å². The Morgan fingerprint density at radius 1 is 1.03 bits per heavy atom. The van der Waals surface area contributed by atoms with Crippen LogP contribution < -0.4 is 5.32 Å². The first-order valence-electron chi connectivity index (χ1n) is 10.7. The van der Waals surface area contributed by atoms with Crippen LogP contribution in [0.25, 0.3) is 11.1 Å². The summed E-state index contributed by atoms with van der Waals surface area (Å²) < 4.78 is 6.09. The molecule has 0 saturated carbocycles. The fourth-order valence-electron chi connectivity index (χ4n) is 3.96. The van der Waals surface area contributed by atoms with E-state index >= 15 is 0 Å². The smallest absolute Gasteiger partial charge is 0.254 e. The van der Waals surface area contributed by atoms with E-state index in [1.807, 2.05) is 49.5 Å². The van der Waals surface area contributed by atoms with Crippen LogP contribution >= 0.6 is 0 Å². The highest BCUT2D eigenvalue weighted by molar-refractivity contribution is 5.95. The van der Waals surface area contributed by atoms with Crippen LogP contribution in [0.5, 0.6) is 0 Å². The number of benzene rings is 1. The van der Waals surface area contributed by atoms with Gasteiger partial charge in [0.05, 0.1) is 13.2 Å². The van der Waals surface area contributed by atoms with Crippen LogP contribution in [0.1, 0.15) is 22.8 Å². The Morgan fingerprint density at radius 2 is 1.81 bits per heavy atom. The lowest BCUT2D eigenvalue weighted by molar-refractivity contribution is -0.157. The van der Waals surface area contributed by atoms with Crippen LogP contribution in [0.3, 0.4) is 0 Å². The number of ether oxygens (including phenoxy) is 1. The molecule has 1 N–H and O–H groups in total. The summed E-state index contributed by atoms with van der Waals surface area (Å²) in [7, 11) is 0. The van der Waals surface area contributed by atoms with Crippen LogP contribution in [0.2, 0.25) is 0 Å². The summed E-state index contributed by atoms with van der Waals surface area (Å²) in [4.78, 5) is 36.0. The van der Waals surface area contributed by atoms with Crippen molar-refractivity contribution in [2.45, 2.75) is 18.9 Å². The molecular formula is C25H26N4O3. The second-order valence-electron chi connectivity index (χ2n) is 7.78. The molecule has 1 aromatic carbocycles. The van der Waals surface area contributed by atoms with Gasteiger partial charge in [-0.2, -0.15) is 0 Å². The van der Waals surface area contributed by atoms with Crippen molar-refractivity contribution in [1.82, 2.24) is 20.2 Å². The lowest BCUT2D eigenvalue weighted by Gasteiger charge is -2.41. The van der Waals surface area contributed by atoms with Crippen LogP contribution in [-0.2, 0) is 16.0 Å². The molecule has 164 valence electrons. The highest BCUT2D eigenvalue weighted by atomic mass is 16.5. The molecule has 0 bridgehead atoms. The maximum atomic E-state index is 13.1. The van der Waals surface area contributed by atoms with E-state index in [1.54, 1.807) is 35.6 Å². The van der Waals surface area contributed by atoms with Gasteiger partial charge in [0.1, 0.15) is 0 Å². The zero-order valence-corrected chi connectivity index (χ0v) is 18.0. The van der Waals surface area contributed by atoms with Crippen molar-refractivity contribution in [3.63, 3.8) is 0 Å². The van der Waals surface area contributed by atoms with Gasteiger partial charge in [-0.3, -0.25) is 19.6 Å². The van der Waals surface area contributed by atoms with Crippen molar-refractivity contribution in [3.05, 3.63) is 84.4 Å². The molecule has 1 fully saturated rings. The number of aromatic nitrogens is 2. The van der Waals surface area contributed by atoms with E-state index in [2.05, 4.69) is 15.3 Å². The molecule has 0 unspecified atom stereocenters. The summed E-state index contributed by atoms with van der Waals surface area (Å²) in [5, 5.41) is 2.89. The Kier molecular flexibility index (Phi) is 6.56. The first-order chi connectivity index (χ1) is 15.6. The lowest BCUT2D eigenvalue weighted by Crippen LogP contribution is -2.62. The number of morpholine rings is 1. The number of likely N-dealkylation sites (N-methyl/N-ethyl adjacent to an activating group) is 1. The Bertz CT molecular complexity index is 1060. The fourth-order valence-corrected chi connectivity index (χ4v) is 3.96. The number of nitrogens with one attached hydrogen (secondary N) is 1. The lowest BCUT2D eigenvalue weighted by atomic mass is 9.90. The number of rotatable bonds is 6. The standard InChI is InChI=1S/C25H26N4O3/c1-2-28-24(31)25(16-19-5-7-20(8-6-19)22-4-3-11-27-17-22)18-29(14-15-32-25)23(30)21-9-12-26-13-10-21/h3-13,17H,2,14-16,18H2,1H3,(H,28,31)/t25-/m0/s1. The van der Waals surface area contributed by atoms with Gasteiger partial charge in [-0.05, 0) is 41.8 Å². The molecule has 1 saturated heterocycles. The number of pyridine rings is 2. The zero-order chi connectivity index (χ0) is 22.4. The molecule has 0 radical (unpaired) electrons. The molecule has 1 aliphatic heterocycles. The van der Waals surface area contributed by atoms with Gasteiger partial charge in [-0.15, -0.1) is 0 Å². The molecule has 0 spiro atoms. The van der Waals surface area contributed by atoms with Crippen molar-refractivity contribution < 1.29 is 14.3 Å². The molecule has 3 aromatic rings. The normalized spacial score (nSPS) is 18.2. The van der Waals surface area contributed by atoms with E-state index in [9.17, 15) is 9.59 Å². The van der Waals surface area contributed by atoms with Gasteiger partial charge in [0.2, 0.25) is 0 Å². The zero-order valence-electron chi connectivity index (χ0n) is 18.0. The third kappa shape index (κ3) is 4.68. The van der Waals surface area contributed by atoms with Gasteiger partial charge in [0, 0.05) is 49.9 Å². The van der Waals surface area contributed by atoms with Gasteiger partial charge in [0.25, 0.3) is 11.8 Å². The van der Waals surface area contributed by atoms with Crippen LogP contribution in [0, 0.1) is 0 Å². The predicted molar refractivity (Wildman–Crippen MR) is 121 cm³/mol. The van der Waals surface area contributed by atoms with E-state index in [4.69, 9.17) is 4.74 Å². The number of carbonyl (C=O) groups excluding carboxylic acids is 2. The van der Waals surface area contributed by atoms with Crippen LogP contribution in [0.15, 0.2) is 73.3 Å². The molecule has 1 aliphatic rings. The largest absolute Gasteiger partial charge is 0.361 e. The molecule has 32 heavy (non-hydrogen) atoms. The monoisotopic (exact) mass is 430 g/mol. The van der Waals surface area contributed by atoms with Crippen molar-refractivity contribution in [2.24, 2.45) is 0 Å². The van der Waals surface area contributed by atoms with E-state index < -0.39 is 5.60 Å². The molecular weight excluding hydrogens is 404 g/mol. The molecule has 7 heteroatoms. The quantitative estimate of drug-likeness (QED) is 0.650. The third-order valence-electron chi connectivity index (χ3n) is 5.59. The SMILES string of the molecule is CCNC(=O)[C@]1(Cc2ccc(-c3cccnc3)cc2)CN(C(=O)c2ccncc2)CCO1. The Labute approximate surface area is 187 Å². The second kappa shape index (κ2) is 9.70. The molecule has 2 aromatic heterocycles. The maximum absolute atomic E-state index is 13.1. The van der Waals surface area contributed by atoms with Crippen molar-refractivity contribution in [1.29, 1.82) is 0 Å². The summed E-state index contributed by atoms with van der Waals surface area (Å²) >= 11 is 0. The predicted octanol–water partition coefficient (Wildman–Crippen LogP) is 2.73. The van der Waals surface area contributed by atoms with Crippen LogP contribution in [0.4, 0.5) is 0 Å². The summed E-state index contributed by atoms with van der Waals surface area (Å²) in [5.74, 6) is -0.333. The van der Waals surface area contributed by atoms with E-state index in [1.165, 1.54) is 0 Å². The average molecular weight is 431 g/mol. The number of carbonyl (C=O) groups is 2. The minimum absolute atomic E-state index is 0.128. The summed E-state index contributed by atoms with van der Waals surface area (Å²) in [6.07, 6.45) is 7.11. The Balaban J connectivity index is 1.57. The van der Waals surface area contributed by atoms with Crippen LogP contribution in [-0.4, -0.2) is 58.5 Å². The summed E-state index contributed by atoms with van der Waals surface area (Å²) in [5.41, 5.74) is 2.44. The Hall–Kier alpha value is -3.58. The average Bonchev–Trinajstić information content (AvgIpc) is 2.85. The molecule has 3 heterocycles. The first kappa shape index (κ1) is 21.6. The number of hydrogen-bond donors (Lipinski definition) is 1. The number of amides is 2. The van der Waals surface area contributed by atoms with Gasteiger partial charge < -0.3 is 15.0 Å². The van der Waals surface area contributed by atoms with E-state index in [0.717, 1.165) is 16.7 Å². The van der Waals surface area contributed by atoms with Gasteiger partial charge in [-0.25, -0.2) is 0 Å². The number of hydrogen-bond acceptors (Lipinski definition) is 5. The van der Waals surface area contributed by atoms with Gasteiger partial charge in [-0.1, -0.05) is 30.3 Å². The van der Waals surface area contributed by atoms with E-state index in [-0.39, 0.29) is 18.4 Å². The summed E-state index contributed by atoms with van der Waals surface area (Å²) in [6.45, 7) is 3.27. The molecule has 2 amide bonds. The minimum atomic E-state index is -1.15. The topological polar surface area (TPSA) is 84.4 Å². The van der Waals surface area contributed by atoms with Gasteiger partial charge >= 0.3 is 0 Å². The van der Waals surface area contributed by atoms with Crippen molar-refractivity contribution >= 4 is 11.8 Å². The highest BCUT2D eigenvalue weighted by Gasteiger charge is 2.45. The minimum Gasteiger partial charge on any atom is -0.361 e. The fraction of sp³-hybridized carbons (Fsp3) is 0.280. The highest BCUT2D eigenvalue weighted by Crippen LogP contribution is 2.27. The second-order valence-corrected chi connectivity index (χ2v) is 7.78. The molecule has 1 atom stereocenters. The van der Waals surface area contributed by atoms with Crippen molar-refractivity contribution in [3.8, 4) is 11.1 Å². The molecule has 4 rings (SSSR count). The third-order valence-corrected chi connectivity index (χ3v) is 5.59.